The van der Waals surface area contributed by atoms with Gasteiger partial charge in [-0.2, -0.15) is 37.9 Å². The van der Waals surface area contributed by atoms with Crippen LogP contribution in [0.1, 0.15) is 38.5 Å². The molecule has 45 heavy (non-hydrogen) atoms. The van der Waals surface area contributed by atoms with E-state index in [0.29, 0.717) is 0 Å². The van der Waals surface area contributed by atoms with Gasteiger partial charge in [-0.25, -0.2) is 0 Å². The number of nitrogens with one attached hydrogen (secondary N) is 6. The van der Waals surface area contributed by atoms with Gasteiger partial charge in [0.2, 0.25) is 53.2 Å². The third-order valence-electron chi connectivity index (χ3n) is 6.38. The predicted octanol–water partition coefficient (Wildman–Crippen LogP) is -5.51. The number of amides is 9. The number of carbonyl (C=O) groups is 9. The smallest absolute Gasteiger partial charge is 0.244 e. The molecule has 0 saturated carbocycles. The first-order valence-corrected chi connectivity index (χ1v) is 15.5. The first-order chi connectivity index (χ1) is 21.1. The molecular formula is C24H39N9O9S3. The number of hydrogen-bond donors (Lipinski definition) is 12. The topological polar surface area (TPSA) is 304 Å². The molecule has 12 N–H and O–H groups in total. The summed E-state index contributed by atoms with van der Waals surface area (Å²) < 4.78 is 0. The first-order valence-electron chi connectivity index (χ1n) is 13.6. The summed E-state index contributed by atoms with van der Waals surface area (Å²) in [5.74, 6) is -8.78. The summed E-state index contributed by atoms with van der Waals surface area (Å²) in [5, 5.41) is 14.3. The van der Waals surface area contributed by atoms with E-state index in [0.717, 1.165) is 0 Å². The Balaban J connectivity index is 3.58. The zero-order chi connectivity index (χ0) is 34.3. The summed E-state index contributed by atoms with van der Waals surface area (Å²) >= 11 is 12.2. The van der Waals surface area contributed by atoms with E-state index in [1.165, 1.54) is 0 Å². The molecule has 0 aromatic heterocycles. The molecule has 18 nitrogen and oxygen atoms in total. The van der Waals surface area contributed by atoms with Gasteiger partial charge < -0.3 is 49.1 Å². The van der Waals surface area contributed by atoms with Crippen molar-refractivity contribution in [1.29, 1.82) is 0 Å². The summed E-state index contributed by atoms with van der Waals surface area (Å²) in [6.07, 6.45) is -1.95. The maximum atomic E-state index is 13.2. The molecule has 0 unspecified atom stereocenters. The number of nitrogens with two attached hydrogens (primary N) is 3. The Morgan fingerprint density at radius 3 is 0.778 bits per heavy atom. The van der Waals surface area contributed by atoms with Crippen LogP contribution in [0.5, 0.6) is 0 Å². The fourth-order valence-corrected chi connectivity index (χ4v) is 4.65. The van der Waals surface area contributed by atoms with Crippen LogP contribution in [-0.2, 0) is 43.2 Å². The van der Waals surface area contributed by atoms with Gasteiger partial charge in [0, 0.05) is 36.5 Å². The van der Waals surface area contributed by atoms with Gasteiger partial charge in [-0.3, -0.25) is 43.2 Å². The molecular weight excluding hydrogens is 655 g/mol. The Kier molecular flexibility index (Phi) is 17.1. The van der Waals surface area contributed by atoms with Crippen LogP contribution in [0, 0.1) is 0 Å². The molecule has 0 radical (unpaired) electrons. The number of rotatable bonds is 12. The van der Waals surface area contributed by atoms with Crippen molar-refractivity contribution in [1.82, 2.24) is 31.9 Å². The van der Waals surface area contributed by atoms with Gasteiger partial charge in [-0.1, -0.05) is 0 Å². The number of hydrogen-bond acceptors (Lipinski definition) is 12. The monoisotopic (exact) mass is 693 g/mol. The third-order valence-corrected chi connectivity index (χ3v) is 7.48. The van der Waals surface area contributed by atoms with Crippen LogP contribution in [-0.4, -0.2) is 107 Å². The van der Waals surface area contributed by atoms with Crippen molar-refractivity contribution in [2.45, 2.75) is 74.8 Å². The van der Waals surface area contributed by atoms with Crippen LogP contribution < -0.4 is 49.1 Å². The molecule has 1 aliphatic heterocycles. The lowest BCUT2D eigenvalue weighted by atomic mass is 10.1. The Hall–Kier alpha value is -3.72. The second kappa shape index (κ2) is 19.6. The highest BCUT2D eigenvalue weighted by Crippen LogP contribution is 2.06. The van der Waals surface area contributed by atoms with E-state index in [2.05, 4.69) is 69.8 Å². The van der Waals surface area contributed by atoms with Crippen molar-refractivity contribution in [2.75, 3.05) is 17.3 Å². The molecule has 0 aromatic carbocycles. The molecule has 1 saturated heterocycles. The average Bonchev–Trinajstić information content (AvgIpc) is 2.97. The van der Waals surface area contributed by atoms with Gasteiger partial charge >= 0.3 is 0 Å². The van der Waals surface area contributed by atoms with Gasteiger partial charge in [0.15, 0.2) is 0 Å². The quantitative estimate of drug-likeness (QED) is 0.0867. The van der Waals surface area contributed by atoms with E-state index in [-0.39, 0.29) is 55.8 Å². The minimum atomic E-state index is -1.44. The van der Waals surface area contributed by atoms with E-state index < -0.39 is 89.4 Å². The van der Waals surface area contributed by atoms with Gasteiger partial charge in [0.05, 0.1) is 0 Å². The van der Waals surface area contributed by atoms with E-state index in [4.69, 9.17) is 17.2 Å². The Labute approximate surface area is 274 Å². The normalized spacial score (nSPS) is 25.7. The van der Waals surface area contributed by atoms with Crippen LogP contribution in [0.25, 0.3) is 0 Å². The van der Waals surface area contributed by atoms with Crippen molar-refractivity contribution < 1.29 is 43.2 Å². The number of carbonyl (C=O) groups excluding carboxylic acids is 9. The summed E-state index contributed by atoms with van der Waals surface area (Å²) in [5.41, 5.74) is 15.6. The molecule has 1 aliphatic rings. The summed E-state index contributed by atoms with van der Waals surface area (Å²) in [4.78, 5) is 113. The Morgan fingerprint density at radius 2 is 0.600 bits per heavy atom. The molecule has 0 spiro atoms. The highest BCUT2D eigenvalue weighted by atomic mass is 32.1. The van der Waals surface area contributed by atoms with E-state index in [9.17, 15) is 43.2 Å². The van der Waals surface area contributed by atoms with Gasteiger partial charge in [0.1, 0.15) is 36.3 Å². The maximum absolute atomic E-state index is 13.2. The highest BCUT2D eigenvalue weighted by Gasteiger charge is 2.34. The van der Waals surface area contributed by atoms with Crippen LogP contribution in [0.4, 0.5) is 0 Å². The zero-order valence-electron chi connectivity index (χ0n) is 24.1. The lowest BCUT2D eigenvalue weighted by molar-refractivity contribution is -0.136. The minimum Gasteiger partial charge on any atom is -0.370 e. The summed E-state index contributed by atoms with van der Waals surface area (Å²) in [7, 11) is 0. The SMILES string of the molecule is NC(=O)CC[C@@H]1NC(=O)[C@@H](CS)NC(=O)[C@H](CCC(N)=O)NC(=O)[C@@H](CS)NC(=O)[C@H](CCC(N)=O)NC(=O)[C@@H](CS)NC1=O. The van der Waals surface area contributed by atoms with Crippen LogP contribution in [0.2, 0.25) is 0 Å². The average molecular weight is 694 g/mol. The van der Waals surface area contributed by atoms with E-state index >= 15 is 0 Å². The molecule has 0 bridgehead atoms. The molecule has 1 rings (SSSR count). The number of primary amides is 3. The first kappa shape index (κ1) is 39.3. The standard InChI is InChI=1S/C24H39N9O9S3/c25-16(34)4-1-10-19(37)31-14(8-44)23(41)29-12(3-6-18(27)36)21(39)33-15(9-45)24(42)30-11(2-5-17(26)35)20(38)32-13(7-43)22(40)28-10/h10-15,43-45H,1-9H2,(H2,25,34)(H2,26,35)(H2,27,36)(H,28,40)(H,29,41)(H,30,42)(H,31,37)(H,32,38)(H,33,39)/t10-,11-,12-,13+,14+,15+/m0/s1. The van der Waals surface area contributed by atoms with Crippen LogP contribution in [0.15, 0.2) is 0 Å². The predicted molar refractivity (Wildman–Crippen MR) is 168 cm³/mol. The molecule has 252 valence electrons. The van der Waals surface area contributed by atoms with Gasteiger partial charge in [-0.05, 0) is 19.3 Å². The Bertz CT molecular complexity index is 1020. The van der Waals surface area contributed by atoms with Crippen LogP contribution >= 0.6 is 37.9 Å². The van der Waals surface area contributed by atoms with Crippen molar-refractivity contribution in [3.05, 3.63) is 0 Å². The van der Waals surface area contributed by atoms with Crippen LogP contribution in [0.3, 0.4) is 0 Å². The highest BCUT2D eigenvalue weighted by molar-refractivity contribution is 7.80. The summed E-state index contributed by atoms with van der Waals surface area (Å²) in [6, 6.07) is -8.46. The third kappa shape index (κ3) is 13.9. The van der Waals surface area contributed by atoms with Crippen molar-refractivity contribution in [3.63, 3.8) is 0 Å². The lowest BCUT2D eigenvalue weighted by Gasteiger charge is -2.28. The molecule has 21 heteroatoms. The molecule has 1 fully saturated rings. The fourth-order valence-electron chi connectivity index (χ4n) is 3.88. The molecule has 9 amide bonds. The Morgan fingerprint density at radius 1 is 0.422 bits per heavy atom. The second-order valence-electron chi connectivity index (χ2n) is 9.93. The zero-order valence-corrected chi connectivity index (χ0v) is 26.8. The molecule has 6 atom stereocenters. The fraction of sp³-hybridized carbons (Fsp3) is 0.625. The molecule has 0 aliphatic carbocycles. The number of thiol groups is 3. The van der Waals surface area contributed by atoms with E-state index in [1.54, 1.807) is 0 Å². The van der Waals surface area contributed by atoms with Crippen molar-refractivity contribution >= 4 is 91.1 Å². The molecule has 0 aromatic rings. The van der Waals surface area contributed by atoms with Crippen molar-refractivity contribution in [3.8, 4) is 0 Å². The minimum absolute atomic E-state index is 0.290. The maximum Gasteiger partial charge on any atom is 0.244 e. The van der Waals surface area contributed by atoms with Gasteiger partial charge in [0.25, 0.3) is 0 Å². The second-order valence-corrected chi connectivity index (χ2v) is 11.0. The molecule has 1 heterocycles. The van der Waals surface area contributed by atoms with Crippen molar-refractivity contribution in [2.24, 2.45) is 17.2 Å². The van der Waals surface area contributed by atoms with Gasteiger partial charge in [-0.15, -0.1) is 0 Å². The summed E-state index contributed by atoms with van der Waals surface area (Å²) in [6.45, 7) is 0. The van der Waals surface area contributed by atoms with E-state index in [1.807, 2.05) is 0 Å². The largest absolute Gasteiger partial charge is 0.370 e. The lowest BCUT2D eigenvalue weighted by Crippen LogP contribution is -2.62.